The van der Waals surface area contributed by atoms with Crippen molar-refractivity contribution in [1.82, 2.24) is 24.5 Å². The highest BCUT2D eigenvalue weighted by Gasteiger charge is 2.23. The predicted molar refractivity (Wildman–Crippen MR) is 126 cm³/mol. The largest absolute Gasteiger partial charge is 0.492 e. The van der Waals surface area contributed by atoms with Crippen molar-refractivity contribution in [3.05, 3.63) is 48.0 Å². The average molecular weight is 491 g/mol. The van der Waals surface area contributed by atoms with Crippen molar-refractivity contribution in [3.8, 4) is 11.4 Å². The molecule has 1 unspecified atom stereocenters. The van der Waals surface area contributed by atoms with Crippen molar-refractivity contribution in [2.45, 2.75) is 36.1 Å². The second kappa shape index (κ2) is 10.3. The molecule has 1 heterocycles. The van der Waals surface area contributed by atoms with E-state index in [1.807, 2.05) is 31.2 Å². The summed E-state index contributed by atoms with van der Waals surface area (Å²) in [5, 5.41) is 14.5. The van der Waals surface area contributed by atoms with E-state index in [4.69, 9.17) is 4.74 Å². The first-order valence-electron chi connectivity index (χ1n) is 10.2. The molecule has 0 radical (unpaired) electrons. The molecule has 0 aliphatic carbocycles. The van der Waals surface area contributed by atoms with E-state index < -0.39 is 15.3 Å². The number of amides is 1. The number of benzene rings is 2. The van der Waals surface area contributed by atoms with Gasteiger partial charge in [0, 0.05) is 19.8 Å². The van der Waals surface area contributed by atoms with Crippen molar-refractivity contribution in [2.75, 3.05) is 26.0 Å². The van der Waals surface area contributed by atoms with E-state index in [1.54, 1.807) is 19.9 Å². The lowest BCUT2D eigenvalue weighted by atomic mass is 10.2. The normalized spacial score (nSPS) is 12.5. The topological polar surface area (TPSA) is 119 Å². The van der Waals surface area contributed by atoms with Crippen LogP contribution in [0.4, 0.5) is 5.69 Å². The van der Waals surface area contributed by atoms with Gasteiger partial charge in [0.1, 0.15) is 11.4 Å². The fourth-order valence-corrected chi connectivity index (χ4v) is 4.60. The van der Waals surface area contributed by atoms with Gasteiger partial charge in [0.2, 0.25) is 21.1 Å². The van der Waals surface area contributed by atoms with Crippen molar-refractivity contribution in [1.29, 1.82) is 0 Å². The van der Waals surface area contributed by atoms with E-state index in [2.05, 4.69) is 20.8 Å². The Kier molecular flexibility index (Phi) is 7.72. The molecule has 0 spiro atoms. The molecule has 3 rings (SSSR count). The summed E-state index contributed by atoms with van der Waals surface area (Å²) in [4.78, 5) is 13.0. The van der Waals surface area contributed by atoms with Crippen LogP contribution in [0.2, 0.25) is 0 Å². The lowest BCUT2D eigenvalue weighted by Gasteiger charge is -2.16. The molecule has 0 saturated heterocycles. The van der Waals surface area contributed by atoms with Gasteiger partial charge in [-0.3, -0.25) is 4.79 Å². The summed E-state index contributed by atoms with van der Waals surface area (Å²) in [6.45, 7) is 5.90. The van der Waals surface area contributed by atoms with Gasteiger partial charge in [-0.15, -0.1) is 5.10 Å². The Morgan fingerprint density at radius 2 is 1.97 bits per heavy atom. The Bertz CT molecular complexity index is 1240. The van der Waals surface area contributed by atoms with Gasteiger partial charge < -0.3 is 10.1 Å². The van der Waals surface area contributed by atoms with Crippen molar-refractivity contribution >= 4 is 33.4 Å². The molecule has 0 aliphatic rings. The van der Waals surface area contributed by atoms with Crippen LogP contribution >= 0.6 is 11.8 Å². The van der Waals surface area contributed by atoms with Gasteiger partial charge in [0.25, 0.3) is 0 Å². The molecule has 0 saturated carbocycles. The van der Waals surface area contributed by atoms with Gasteiger partial charge in [0.05, 0.1) is 16.8 Å². The minimum atomic E-state index is -3.62. The zero-order valence-electron chi connectivity index (χ0n) is 19.0. The predicted octanol–water partition coefficient (Wildman–Crippen LogP) is 2.74. The molecular formula is C21H26N6O4S2. The Hall–Kier alpha value is -2.96. The highest BCUT2D eigenvalue weighted by Crippen LogP contribution is 2.29. The summed E-state index contributed by atoms with van der Waals surface area (Å²) in [7, 11) is -0.707. The number of sulfonamides is 1. The van der Waals surface area contributed by atoms with Gasteiger partial charge in [0.15, 0.2) is 0 Å². The van der Waals surface area contributed by atoms with E-state index in [1.165, 1.54) is 42.7 Å². The number of thioether (sulfide) groups is 1. The van der Waals surface area contributed by atoms with Crippen LogP contribution < -0.4 is 10.1 Å². The lowest BCUT2D eigenvalue weighted by Crippen LogP contribution is -2.25. The summed E-state index contributed by atoms with van der Waals surface area (Å²) in [5.41, 5.74) is 1.84. The van der Waals surface area contributed by atoms with Crippen LogP contribution in [0.5, 0.6) is 5.75 Å². The van der Waals surface area contributed by atoms with E-state index in [0.29, 0.717) is 28.9 Å². The van der Waals surface area contributed by atoms with Gasteiger partial charge in [-0.1, -0.05) is 30.0 Å². The standard InChI is InChI=1S/C21H26N6O4S2/c1-6-31-19-10-8-7-9-18(19)27-21(23-24-25-27)32-15(3)20(28)22-17-13-16(12-11-14(17)2)33(29,30)26(4)5/h7-13,15H,6H2,1-5H3,(H,22,28). The number of hydrogen-bond acceptors (Lipinski definition) is 8. The molecule has 10 nitrogen and oxygen atoms in total. The number of para-hydroxylation sites is 2. The third kappa shape index (κ3) is 5.52. The number of ether oxygens (including phenoxy) is 1. The molecule has 1 N–H and O–H groups in total. The number of anilines is 1. The SMILES string of the molecule is CCOc1ccccc1-n1nnnc1SC(C)C(=O)Nc1cc(S(=O)(=O)N(C)C)ccc1C. The maximum absolute atomic E-state index is 12.9. The second-order valence-corrected chi connectivity index (χ2v) is 10.7. The summed E-state index contributed by atoms with van der Waals surface area (Å²) in [5.74, 6) is 0.316. The van der Waals surface area contributed by atoms with Crippen molar-refractivity contribution in [2.24, 2.45) is 0 Å². The van der Waals surface area contributed by atoms with Crippen LogP contribution in [-0.4, -0.2) is 64.8 Å². The minimum Gasteiger partial charge on any atom is -0.492 e. The number of hydrogen-bond donors (Lipinski definition) is 1. The molecule has 0 aliphatic heterocycles. The first-order chi connectivity index (χ1) is 15.6. The Labute approximate surface area is 197 Å². The summed E-state index contributed by atoms with van der Waals surface area (Å²) in [6.07, 6.45) is 0. The van der Waals surface area contributed by atoms with Crippen LogP contribution in [0.25, 0.3) is 5.69 Å². The number of carbonyl (C=O) groups is 1. The summed E-state index contributed by atoms with van der Waals surface area (Å²) >= 11 is 1.18. The van der Waals surface area contributed by atoms with E-state index >= 15 is 0 Å². The fourth-order valence-electron chi connectivity index (χ4n) is 2.87. The number of nitrogens with zero attached hydrogens (tertiary/aromatic N) is 5. The summed E-state index contributed by atoms with van der Waals surface area (Å²) in [6, 6.07) is 12.0. The highest BCUT2D eigenvalue weighted by molar-refractivity contribution is 8.00. The number of rotatable bonds is 9. The van der Waals surface area contributed by atoms with E-state index in [0.717, 1.165) is 9.87 Å². The van der Waals surface area contributed by atoms with E-state index in [-0.39, 0.29) is 10.8 Å². The number of aromatic nitrogens is 4. The van der Waals surface area contributed by atoms with Crippen LogP contribution in [-0.2, 0) is 14.8 Å². The molecule has 176 valence electrons. The average Bonchev–Trinajstić information content (AvgIpc) is 3.23. The van der Waals surface area contributed by atoms with Gasteiger partial charge >= 0.3 is 0 Å². The third-order valence-electron chi connectivity index (χ3n) is 4.73. The maximum Gasteiger partial charge on any atom is 0.242 e. The zero-order chi connectivity index (χ0) is 24.2. The third-order valence-corrected chi connectivity index (χ3v) is 7.58. The van der Waals surface area contributed by atoms with Crippen LogP contribution in [0.3, 0.4) is 0 Å². The monoisotopic (exact) mass is 490 g/mol. The van der Waals surface area contributed by atoms with Crippen molar-refractivity contribution in [3.63, 3.8) is 0 Å². The summed E-state index contributed by atoms with van der Waals surface area (Å²) < 4.78 is 33.2. The molecule has 3 aromatic rings. The van der Waals surface area contributed by atoms with Crippen molar-refractivity contribution < 1.29 is 17.9 Å². The Balaban J connectivity index is 1.80. The zero-order valence-corrected chi connectivity index (χ0v) is 20.6. The highest BCUT2D eigenvalue weighted by atomic mass is 32.2. The molecular weight excluding hydrogens is 464 g/mol. The number of nitrogens with one attached hydrogen (secondary N) is 1. The molecule has 1 aromatic heterocycles. The maximum atomic E-state index is 12.9. The molecule has 2 aromatic carbocycles. The minimum absolute atomic E-state index is 0.102. The van der Waals surface area contributed by atoms with Crippen LogP contribution in [0, 0.1) is 6.92 Å². The lowest BCUT2D eigenvalue weighted by molar-refractivity contribution is -0.115. The Morgan fingerprint density at radius 1 is 1.24 bits per heavy atom. The van der Waals surface area contributed by atoms with Gasteiger partial charge in [-0.05, 0) is 61.0 Å². The quantitative estimate of drug-likeness (QED) is 0.455. The second-order valence-electron chi connectivity index (χ2n) is 7.29. The van der Waals surface area contributed by atoms with Crippen LogP contribution in [0.15, 0.2) is 52.5 Å². The molecule has 0 bridgehead atoms. The molecule has 33 heavy (non-hydrogen) atoms. The van der Waals surface area contributed by atoms with Gasteiger partial charge in [-0.25, -0.2) is 12.7 Å². The number of carbonyl (C=O) groups excluding carboxylic acids is 1. The number of tetrazole rings is 1. The first kappa shape index (κ1) is 24.7. The molecule has 1 amide bonds. The smallest absolute Gasteiger partial charge is 0.242 e. The molecule has 1 atom stereocenters. The molecule has 12 heteroatoms. The first-order valence-corrected chi connectivity index (χ1v) is 12.5. The van der Waals surface area contributed by atoms with E-state index in [9.17, 15) is 13.2 Å². The fraction of sp³-hybridized carbons (Fsp3) is 0.333. The Morgan fingerprint density at radius 3 is 2.67 bits per heavy atom. The number of aryl methyl sites for hydroxylation is 1. The molecule has 0 fully saturated rings. The van der Waals surface area contributed by atoms with Gasteiger partial charge in [-0.2, -0.15) is 4.68 Å². The van der Waals surface area contributed by atoms with Crippen LogP contribution in [0.1, 0.15) is 19.4 Å².